The van der Waals surface area contributed by atoms with Crippen LogP contribution >= 0.6 is 11.6 Å². The number of ether oxygens (including phenoxy) is 3. The van der Waals surface area contributed by atoms with Gasteiger partial charge in [-0.05, 0) is 19.1 Å². The van der Waals surface area contributed by atoms with Gasteiger partial charge < -0.3 is 14.2 Å². The van der Waals surface area contributed by atoms with E-state index in [0.717, 1.165) is 6.42 Å². The Balaban J connectivity index is 1.74. The Bertz CT molecular complexity index is 1240. The van der Waals surface area contributed by atoms with Gasteiger partial charge in [0.25, 0.3) is 0 Å². The Morgan fingerprint density at radius 3 is 2.29 bits per heavy atom. The highest BCUT2D eigenvalue weighted by molar-refractivity contribution is 7.91. The van der Waals surface area contributed by atoms with Crippen LogP contribution in [0.1, 0.15) is 49.8 Å². The standard InChI is InChI=1S/C22H26ClN5O5S/c1-13(21-24-10-15(23)11-25-21)14(2)34(29,30)12-19-26-27-22(18-8-9-33-18)28(19)20-16(31-3)6-5-7-17(20)32-4/h5-7,10-11,13-14,18H,8-9,12H2,1-4H3/t13-,14-,18-/m0/s1. The molecule has 182 valence electrons. The van der Waals surface area contributed by atoms with Crippen molar-refractivity contribution in [3.63, 3.8) is 0 Å². The highest BCUT2D eigenvalue weighted by Gasteiger charge is 2.35. The maximum Gasteiger partial charge on any atom is 0.167 e. The van der Waals surface area contributed by atoms with Crippen LogP contribution in [0.4, 0.5) is 0 Å². The lowest BCUT2D eigenvalue weighted by Gasteiger charge is -2.27. The molecule has 2 aromatic heterocycles. The van der Waals surface area contributed by atoms with Crippen molar-refractivity contribution < 1.29 is 22.6 Å². The average Bonchev–Trinajstić information content (AvgIpc) is 3.18. The zero-order valence-electron chi connectivity index (χ0n) is 19.3. The molecule has 3 heterocycles. The molecule has 34 heavy (non-hydrogen) atoms. The highest BCUT2D eigenvalue weighted by atomic mass is 35.5. The number of halogens is 1. The van der Waals surface area contributed by atoms with Crippen molar-refractivity contribution in [3.8, 4) is 17.2 Å². The van der Waals surface area contributed by atoms with Crippen LogP contribution in [0.25, 0.3) is 5.69 Å². The summed E-state index contributed by atoms with van der Waals surface area (Å²) in [6.07, 6.45) is 3.37. The summed E-state index contributed by atoms with van der Waals surface area (Å²) in [5, 5.41) is 8.14. The molecule has 0 N–H and O–H groups in total. The van der Waals surface area contributed by atoms with Gasteiger partial charge in [-0.25, -0.2) is 18.4 Å². The number of hydrogen-bond donors (Lipinski definition) is 0. The number of methoxy groups -OCH3 is 2. The Kier molecular flexibility index (Phi) is 7.06. The normalized spacial score (nSPS) is 17.6. The van der Waals surface area contributed by atoms with Crippen LogP contribution in [0.15, 0.2) is 30.6 Å². The maximum absolute atomic E-state index is 13.5. The summed E-state index contributed by atoms with van der Waals surface area (Å²) in [7, 11) is -0.628. The van der Waals surface area contributed by atoms with E-state index in [0.29, 0.717) is 40.5 Å². The Morgan fingerprint density at radius 1 is 1.15 bits per heavy atom. The first-order valence-electron chi connectivity index (χ1n) is 10.7. The summed E-state index contributed by atoms with van der Waals surface area (Å²) >= 11 is 5.87. The van der Waals surface area contributed by atoms with Crippen LogP contribution in [-0.4, -0.2) is 59.2 Å². The molecule has 0 saturated carbocycles. The summed E-state index contributed by atoms with van der Waals surface area (Å²) in [4.78, 5) is 8.37. The van der Waals surface area contributed by atoms with E-state index < -0.39 is 21.0 Å². The van der Waals surface area contributed by atoms with Gasteiger partial charge in [0.2, 0.25) is 0 Å². The van der Waals surface area contributed by atoms with E-state index >= 15 is 0 Å². The predicted octanol–water partition coefficient (Wildman–Crippen LogP) is 3.30. The second kappa shape index (κ2) is 9.85. The van der Waals surface area contributed by atoms with E-state index in [1.165, 1.54) is 26.6 Å². The first-order chi connectivity index (χ1) is 16.3. The average molecular weight is 508 g/mol. The third-order valence-electron chi connectivity index (χ3n) is 6.02. The lowest BCUT2D eigenvalue weighted by atomic mass is 10.1. The molecule has 0 amide bonds. The maximum atomic E-state index is 13.5. The van der Waals surface area contributed by atoms with E-state index in [-0.39, 0.29) is 17.7 Å². The van der Waals surface area contributed by atoms with Crippen molar-refractivity contribution in [3.05, 3.63) is 53.1 Å². The quantitative estimate of drug-likeness (QED) is 0.429. The van der Waals surface area contributed by atoms with Crippen molar-refractivity contribution in [2.24, 2.45) is 0 Å². The number of benzene rings is 1. The topological polar surface area (TPSA) is 118 Å². The van der Waals surface area contributed by atoms with Crippen LogP contribution in [0.2, 0.25) is 5.02 Å². The van der Waals surface area contributed by atoms with E-state index in [1.807, 2.05) is 0 Å². The monoisotopic (exact) mass is 507 g/mol. The molecule has 1 fully saturated rings. The third kappa shape index (κ3) is 4.59. The van der Waals surface area contributed by atoms with Crippen LogP contribution in [-0.2, 0) is 20.3 Å². The molecule has 1 aromatic carbocycles. The van der Waals surface area contributed by atoms with Gasteiger partial charge >= 0.3 is 0 Å². The summed E-state index contributed by atoms with van der Waals surface area (Å²) in [5.41, 5.74) is 0.523. The molecule has 3 aromatic rings. The number of rotatable bonds is 9. The Morgan fingerprint density at radius 2 is 1.76 bits per heavy atom. The van der Waals surface area contributed by atoms with Crippen molar-refractivity contribution in [2.75, 3.05) is 20.8 Å². The number of para-hydroxylation sites is 1. The van der Waals surface area contributed by atoms with E-state index in [1.54, 1.807) is 36.6 Å². The number of hydrogen-bond acceptors (Lipinski definition) is 9. The van der Waals surface area contributed by atoms with Gasteiger partial charge in [0.1, 0.15) is 34.9 Å². The molecule has 10 nitrogen and oxygen atoms in total. The number of nitrogens with zero attached hydrogens (tertiary/aromatic N) is 5. The second-order valence-corrected chi connectivity index (χ2v) is 10.8. The molecule has 1 aliphatic heterocycles. The number of sulfone groups is 1. The van der Waals surface area contributed by atoms with E-state index in [9.17, 15) is 8.42 Å². The van der Waals surface area contributed by atoms with Crippen molar-refractivity contribution in [1.29, 1.82) is 0 Å². The van der Waals surface area contributed by atoms with Crippen LogP contribution < -0.4 is 9.47 Å². The fraction of sp³-hybridized carbons (Fsp3) is 0.455. The van der Waals surface area contributed by atoms with Gasteiger partial charge in [-0.3, -0.25) is 4.57 Å². The molecule has 0 spiro atoms. The summed E-state index contributed by atoms with van der Waals surface area (Å²) in [5.74, 6) is 1.31. The summed E-state index contributed by atoms with van der Waals surface area (Å²) in [6, 6.07) is 5.32. The largest absolute Gasteiger partial charge is 0.494 e. The molecule has 1 aliphatic rings. The smallest absolute Gasteiger partial charge is 0.167 e. The zero-order valence-corrected chi connectivity index (χ0v) is 20.9. The molecular formula is C22H26ClN5O5S. The Labute approximate surface area is 203 Å². The van der Waals surface area contributed by atoms with Crippen molar-refractivity contribution >= 4 is 21.4 Å². The number of aromatic nitrogens is 5. The fourth-order valence-electron chi connectivity index (χ4n) is 3.76. The minimum Gasteiger partial charge on any atom is -0.494 e. The van der Waals surface area contributed by atoms with Gasteiger partial charge in [0.05, 0.1) is 31.1 Å². The minimum absolute atomic E-state index is 0.240. The summed E-state index contributed by atoms with van der Waals surface area (Å²) < 4.78 is 45.4. The van der Waals surface area contributed by atoms with Crippen molar-refractivity contribution in [1.82, 2.24) is 24.7 Å². The van der Waals surface area contributed by atoms with Gasteiger partial charge in [0, 0.05) is 24.7 Å². The first kappa shape index (κ1) is 24.4. The minimum atomic E-state index is -3.70. The van der Waals surface area contributed by atoms with Gasteiger partial charge in [-0.2, -0.15) is 0 Å². The molecule has 0 unspecified atom stereocenters. The fourth-order valence-corrected chi connectivity index (χ4v) is 5.41. The van der Waals surface area contributed by atoms with E-state index in [4.69, 9.17) is 25.8 Å². The van der Waals surface area contributed by atoms with E-state index in [2.05, 4.69) is 20.2 Å². The SMILES string of the molecule is COc1cccc(OC)c1-n1c(CS(=O)(=O)[C@@H](C)[C@H](C)c2ncc(Cl)cn2)nnc1[C@@H]1CCO1. The predicted molar refractivity (Wildman–Crippen MR) is 125 cm³/mol. The van der Waals surface area contributed by atoms with Crippen molar-refractivity contribution in [2.45, 2.75) is 43.3 Å². The van der Waals surface area contributed by atoms with Gasteiger partial charge in [-0.1, -0.05) is 24.6 Å². The third-order valence-corrected chi connectivity index (χ3v) is 8.41. The van der Waals surface area contributed by atoms with Crippen LogP contribution in [0.5, 0.6) is 11.5 Å². The van der Waals surface area contributed by atoms with Gasteiger partial charge in [-0.15, -0.1) is 10.2 Å². The molecule has 0 radical (unpaired) electrons. The molecule has 3 atom stereocenters. The van der Waals surface area contributed by atoms with Crippen LogP contribution in [0, 0.1) is 0 Å². The molecule has 0 aliphatic carbocycles. The molecule has 4 rings (SSSR count). The Hall–Kier alpha value is -2.76. The first-order valence-corrected chi connectivity index (χ1v) is 12.8. The zero-order chi connectivity index (χ0) is 24.5. The van der Waals surface area contributed by atoms with Gasteiger partial charge in [0.15, 0.2) is 21.5 Å². The summed E-state index contributed by atoms with van der Waals surface area (Å²) in [6.45, 7) is 4.01. The second-order valence-electron chi connectivity index (χ2n) is 8.03. The highest BCUT2D eigenvalue weighted by Crippen LogP contribution is 2.38. The molecule has 12 heteroatoms. The lowest BCUT2D eigenvalue weighted by molar-refractivity contribution is -0.0590. The molecular weight excluding hydrogens is 482 g/mol. The van der Waals surface area contributed by atoms with Crippen LogP contribution in [0.3, 0.4) is 0 Å². The molecule has 1 saturated heterocycles. The molecule has 0 bridgehead atoms. The lowest BCUT2D eigenvalue weighted by Crippen LogP contribution is -2.28.